The van der Waals surface area contributed by atoms with E-state index in [-0.39, 0.29) is 30.6 Å². The molecule has 0 atom stereocenters. The minimum absolute atomic E-state index is 0.0609. The summed E-state index contributed by atoms with van der Waals surface area (Å²) in [6.45, 7) is 0.420. The average molecular weight is 265 g/mol. The van der Waals surface area contributed by atoms with Gasteiger partial charge in [-0.2, -0.15) is 0 Å². The van der Waals surface area contributed by atoms with Crippen LogP contribution < -0.4 is 4.72 Å². The molecular formula is C10H19NO5S. The second-order valence-corrected chi connectivity index (χ2v) is 6.54. The van der Waals surface area contributed by atoms with E-state index in [0.29, 0.717) is 13.0 Å². The molecule has 0 spiro atoms. The summed E-state index contributed by atoms with van der Waals surface area (Å²) >= 11 is 0. The number of rotatable bonds is 9. The van der Waals surface area contributed by atoms with Gasteiger partial charge in [0.1, 0.15) is 0 Å². The number of carboxylic acid groups (broad SMARTS) is 1. The SMILES string of the molecule is O=C(O)CCCS(=O)(=O)NCC1(CCO)CC1. The van der Waals surface area contributed by atoms with Gasteiger partial charge in [-0.3, -0.25) is 4.79 Å². The first kappa shape index (κ1) is 14.4. The lowest BCUT2D eigenvalue weighted by atomic mass is 10.0. The number of carbonyl (C=O) groups is 1. The van der Waals surface area contributed by atoms with Gasteiger partial charge in [-0.1, -0.05) is 0 Å². The van der Waals surface area contributed by atoms with Crippen LogP contribution in [0.5, 0.6) is 0 Å². The molecule has 0 aromatic heterocycles. The Kier molecular flexibility index (Phi) is 4.91. The molecule has 0 saturated heterocycles. The van der Waals surface area contributed by atoms with E-state index in [4.69, 9.17) is 10.2 Å². The summed E-state index contributed by atoms with van der Waals surface area (Å²) in [4.78, 5) is 10.3. The second-order valence-electron chi connectivity index (χ2n) is 4.61. The zero-order valence-electron chi connectivity index (χ0n) is 9.68. The Morgan fingerprint density at radius 3 is 2.47 bits per heavy atom. The Morgan fingerprint density at radius 2 is 2.00 bits per heavy atom. The van der Waals surface area contributed by atoms with Gasteiger partial charge in [0.2, 0.25) is 10.0 Å². The highest BCUT2D eigenvalue weighted by atomic mass is 32.2. The summed E-state index contributed by atoms with van der Waals surface area (Å²) < 4.78 is 25.5. The molecule has 0 heterocycles. The van der Waals surface area contributed by atoms with E-state index in [0.717, 1.165) is 12.8 Å². The molecule has 1 aliphatic carbocycles. The first-order chi connectivity index (χ1) is 7.89. The third kappa shape index (κ3) is 5.47. The molecule has 3 N–H and O–H groups in total. The zero-order chi connectivity index (χ0) is 12.9. The third-order valence-electron chi connectivity index (χ3n) is 3.07. The van der Waals surface area contributed by atoms with E-state index in [9.17, 15) is 13.2 Å². The average Bonchev–Trinajstić information content (AvgIpc) is 2.96. The van der Waals surface area contributed by atoms with Crippen molar-refractivity contribution in [2.75, 3.05) is 18.9 Å². The highest BCUT2D eigenvalue weighted by molar-refractivity contribution is 7.89. The van der Waals surface area contributed by atoms with E-state index in [1.807, 2.05) is 0 Å². The van der Waals surface area contributed by atoms with E-state index >= 15 is 0 Å². The number of nitrogens with one attached hydrogen (secondary N) is 1. The standard InChI is InChI=1S/C10H19NO5S/c12-6-5-10(3-4-10)8-11-17(15,16)7-1-2-9(13)14/h11-12H,1-8H2,(H,13,14). The molecule has 0 unspecified atom stereocenters. The molecular weight excluding hydrogens is 246 g/mol. The van der Waals surface area contributed by atoms with Gasteiger partial charge in [-0.05, 0) is 31.1 Å². The Morgan fingerprint density at radius 1 is 1.35 bits per heavy atom. The molecule has 0 radical (unpaired) electrons. The first-order valence-corrected chi connectivity index (χ1v) is 7.34. The maximum absolute atomic E-state index is 11.5. The molecule has 1 saturated carbocycles. The van der Waals surface area contributed by atoms with Crippen molar-refractivity contribution in [3.63, 3.8) is 0 Å². The predicted molar refractivity (Wildman–Crippen MR) is 62.0 cm³/mol. The van der Waals surface area contributed by atoms with E-state index in [2.05, 4.69) is 4.72 Å². The largest absolute Gasteiger partial charge is 0.481 e. The number of carboxylic acids is 1. The quantitative estimate of drug-likeness (QED) is 0.541. The monoisotopic (exact) mass is 265 g/mol. The van der Waals surface area contributed by atoms with Gasteiger partial charge >= 0.3 is 5.97 Å². The molecule has 0 amide bonds. The number of aliphatic hydroxyl groups is 1. The molecule has 17 heavy (non-hydrogen) atoms. The molecule has 100 valence electrons. The Labute approximate surface area is 101 Å². The van der Waals surface area contributed by atoms with Crippen LogP contribution in [0.2, 0.25) is 0 Å². The van der Waals surface area contributed by atoms with Gasteiger partial charge in [0.25, 0.3) is 0 Å². The minimum Gasteiger partial charge on any atom is -0.481 e. The molecule has 0 aliphatic heterocycles. The minimum atomic E-state index is -3.38. The fourth-order valence-electron chi connectivity index (χ4n) is 1.68. The van der Waals surface area contributed by atoms with Crippen molar-refractivity contribution in [1.29, 1.82) is 0 Å². The Hall–Kier alpha value is -0.660. The van der Waals surface area contributed by atoms with Gasteiger partial charge in [-0.15, -0.1) is 0 Å². The number of aliphatic hydroxyl groups excluding tert-OH is 1. The fourth-order valence-corrected chi connectivity index (χ4v) is 2.87. The van der Waals surface area contributed by atoms with Crippen molar-refractivity contribution in [2.24, 2.45) is 5.41 Å². The van der Waals surface area contributed by atoms with Crippen LogP contribution in [-0.2, 0) is 14.8 Å². The summed E-state index contributed by atoms with van der Waals surface area (Å²) in [5.74, 6) is -1.15. The number of sulfonamides is 1. The molecule has 1 aliphatic rings. The molecule has 1 fully saturated rings. The van der Waals surface area contributed by atoms with Crippen LogP contribution in [0, 0.1) is 5.41 Å². The van der Waals surface area contributed by atoms with Crippen LogP contribution in [0.3, 0.4) is 0 Å². The Bertz CT molecular complexity index is 361. The fraction of sp³-hybridized carbons (Fsp3) is 0.900. The van der Waals surface area contributed by atoms with Crippen molar-refractivity contribution in [1.82, 2.24) is 4.72 Å². The molecule has 0 aromatic rings. The maximum atomic E-state index is 11.5. The zero-order valence-corrected chi connectivity index (χ0v) is 10.5. The van der Waals surface area contributed by atoms with Crippen LogP contribution in [-0.4, -0.2) is 43.5 Å². The summed E-state index contributed by atoms with van der Waals surface area (Å²) in [7, 11) is -3.38. The van der Waals surface area contributed by atoms with E-state index < -0.39 is 16.0 Å². The highest BCUT2D eigenvalue weighted by Crippen LogP contribution is 2.47. The molecule has 0 aromatic carbocycles. The van der Waals surface area contributed by atoms with Crippen molar-refractivity contribution in [3.05, 3.63) is 0 Å². The van der Waals surface area contributed by atoms with Crippen LogP contribution in [0.25, 0.3) is 0 Å². The lowest BCUT2D eigenvalue weighted by Crippen LogP contribution is -2.32. The third-order valence-corrected chi connectivity index (χ3v) is 4.48. The lowest BCUT2D eigenvalue weighted by molar-refractivity contribution is -0.137. The van der Waals surface area contributed by atoms with Gasteiger partial charge in [0, 0.05) is 19.6 Å². The summed E-state index contributed by atoms with van der Waals surface area (Å²) in [6.07, 6.45) is 2.47. The smallest absolute Gasteiger partial charge is 0.303 e. The highest BCUT2D eigenvalue weighted by Gasteiger charge is 2.42. The summed E-state index contributed by atoms with van der Waals surface area (Å²) in [5.41, 5.74) is -0.0609. The van der Waals surface area contributed by atoms with E-state index in [1.54, 1.807) is 0 Å². The van der Waals surface area contributed by atoms with Crippen LogP contribution in [0.4, 0.5) is 0 Å². The van der Waals surface area contributed by atoms with Crippen LogP contribution in [0.15, 0.2) is 0 Å². The Balaban J connectivity index is 2.27. The van der Waals surface area contributed by atoms with E-state index in [1.165, 1.54) is 0 Å². The number of aliphatic carboxylic acids is 1. The number of hydrogen-bond donors (Lipinski definition) is 3. The molecule has 6 nitrogen and oxygen atoms in total. The van der Waals surface area contributed by atoms with Gasteiger partial charge < -0.3 is 10.2 Å². The van der Waals surface area contributed by atoms with Crippen molar-refractivity contribution < 1.29 is 23.4 Å². The maximum Gasteiger partial charge on any atom is 0.303 e. The van der Waals surface area contributed by atoms with Gasteiger partial charge in [-0.25, -0.2) is 13.1 Å². The van der Waals surface area contributed by atoms with Crippen molar-refractivity contribution >= 4 is 16.0 Å². The summed E-state index contributed by atoms with van der Waals surface area (Å²) in [6, 6.07) is 0. The van der Waals surface area contributed by atoms with Gasteiger partial charge in [0.05, 0.1) is 5.75 Å². The molecule has 0 bridgehead atoms. The second kappa shape index (κ2) is 5.79. The van der Waals surface area contributed by atoms with Gasteiger partial charge in [0.15, 0.2) is 0 Å². The van der Waals surface area contributed by atoms with Crippen LogP contribution in [0.1, 0.15) is 32.1 Å². The number of hydrogen-bond acceptors (Lipinski definition) is 4. The van der Waals surface area contributed by atoms with Crippen molar-refractivity contribution in [2.45, 2.75) is 32.1 Å². The summed E-state index contributed by atoms with van der Waals surface area (Å²) in [5, 5.41) is 17.2. The lowest BCUT2D eigenvalue weighted by Gasteiger charge is -2.14. The molecule has 1 rings (SSSR count). The van der Waals surface area contributed by atoms with Crippen LogP contribution >= 0.6 is 0 Å². The van der Waals surface area contributed by atoms with Crippen molar-refractivity contribution in [3.8, 4) is 0 Å². The normalized spacial score (nSPS) is 17.9. The predicted octanol–water partition coefficient (Wildman–Crippen LogP) is -0.0668. The first-order valence-electron chi connectivity index (χ1n) is 5.69. The molecule has 7 heteroatoms. The topological polar surface area (TPSA) is 104 Å².